The van der Waals surface area contributed by atoms with E-state index in [1.807, 2.05) is 25.5 Å². The lowest BCUT2D eigenvalue weighted by atomic mass is 9.92. The second-order valence-electron chi connectivity index (χ2n) is 8.72. The predicted molar refractivity (Wildman–Crippen MR) is 105 cm³/mol. The third-order valence-electron chi connectivity index (χ3n) is 5.44. The maximum Gasteiger partial charge on any atom is 0.243 e. The Morgan fingerprint density at radius 2 is 1.89 bits per heavy atom. The average molecular weight is 399 g/mol. The summed E-state index contributed by atoms with van der Waals surface area (Å²) in [7, 11) is -3.56. The molecule has 0 radical (unpaired) electrons. The molecule has 2 fully saturated rings. The first-order chi connectivity index (χ1) is 12.8. The zero-order valence-corrected chi connectivity index (χ0v) is 17.7. The van der Waals surface area contributed by atoms with Crippen molar-refractivity contribution in [2.24, 2.45) is 0 Å². The van der Waals surface area contributed by atoms with E-state index in [-0.39, 0.29) is 5.41 Å². The number of nitrogens with one attached hydrogen (secondary N) is 1. The molecule has 0 aromatic carbocycles. The van der Waals surface area contributed by atoms with Crippen LogP contribution in [0, 0.1) is 0 Å². The van der Waals surface area contributed by atoms with Gasteiger partial charge < -0.3 is 4.74 Å². The molecule has 1 saturated carbocycles. The summed E-state index contributed by atoms with van der Waals surface area (Å²) >= 11 is 0. The van der Waals surface area contributed by atoms with Crippen molar-refractivity contribution in [1.29, 1.82) is 0 Å². The normalized spacial score (nSPS) is 20.4. The van der Waals surface area contributed by atoms with Gasteiger partial charge in [-0.3, -0.25) is 9.58 Å². The van der Waals surface area contributed by atoms with Gasteiger partial charge in [-0.25, -0.2) is 13.1 Å². The van der Waals surface area contributed by atoms with E-state index in [0.29, 0.717) is 23.2 Å². The molecule has 0 amide bonds. The lowest BCUT2D eigenvalue weighted by Crippen LogP contribution is -2.38. The largest absolute Gasteiger partial charge is 0.379 e. The predicted octanol–water partition coefficient (Wildman–Crippen LogP) is 2.30. The summed E-state index contributed by atoms with van der Waals surface area (Å²) in [6, 6.07) is 0.330. The highest BCUT2D eigenvalue weighted by Gasteiger charge is 2.31. The Labute approximate surface area is 163 Å². The van der Waals surface area contributed by atoms with Gasteiger partial charge in [0.05, 0.1) is 24.9 Å². The van der Waals surface area contributed by atoms with Crippen LogP contribution in [-0.2, 0) is 20.2 Å². The van der Waals surface area contributed by atoms with Crippen LogP contribution < -0.4 is 4.72 Å². The molecule has 7 nitrogen and oxygen atoms in total. The Hall–Kier alpha value is -0.960. The standard InChI is InChI=1S/C19H34N4O3S/c1-19(2,3)18-17(15-23(21-18)16-7-4-5-8-16)27(24,25)20-9-6-10-22-11-13-26-14-12-22/h15-16,20H,4-14H2,1-3H3. The summed E-state index contributed by atoms with van der Waals surface area (Å²) in [6.45, 7) is 10.8. The van der Waals surface area contributed by atoms with Crippen LogP contribution >= 0.6 is 0 Å². The van der Waals surface area contributed by atoms with Gasteiger partial charge >= 0.3 is 0 Å². The van der Waals surface area contributed by atoms with Crippen LogP contribution in [0.3, 0.4) is 0 Å². The van der Waals surface area contributed by atoms with Gasteiger partial charge in [-0.05, 0) is 25.8 Å². The zero-order chi connectivity index (χ0) is 19.5. The molecular weight excluding hydrogens is 364 g/mol. The molecule has 1 aliphatic carbocycles. The summed E-state index contributed by atoms with van der Waals surface area (Å²) < 4.78 is 36.0. The third-order valence-corrected chi connectivity index (χ3v) is 6.91. The summed E-state index contributed by atoms with van der Waals surface area (Å²) in [5.74, 6) is 0. The molecule has 1 saturated heterocycles. The first-order valence-corrected chi connectivity index (χ1v) is 11.6. The number of ether oxygens (including phenoxy) is 1. The molecule has 0 bridgehead atoms. The van der Waals surface area contributed by atoms with Crippen LogP contribution in [0.15, 0.2) is 11.1 Å². The second-order valence-corrected chi connectivity index (χ2v) is 10.5. The Morgan fingerprint density at radius 3 is 2.52 bits per heavy atom. The fraction of sp³-hybridized carbons (Fsp3) is 0.842. The monoisotopic (exact) mass is 398 g/mol. The molecule has 1 aromatic heterocycles. The van der Waals surface area contributed by atoms with Gasteiger partial charge in [-0.2, -0.15) is 5.10 Å². The molecule has 8 heteroatoms. The van der Waals surface area contributed by atoms with Crippen molar-refractivity contribution >= 4 is 10.0 Å². The molecule has 0 atom stereocenters. The van der Waals surface area contributed by atoms with Gasteiger partial charge in [0.25, 0.3) is 0 Å². The molecular formula is C19H34N4O3S. The van der Waals surface area contributed by atoms with Crippen molar-refractivity contribution in [3.63, 3.8) is 0 Å². The average Bonchev–Trinajstić information content (AvgIpc) is 3.28. The fourth-order valence-electron chi connectivity index (χ4n) is 3.86. The van der Waals surface area contributed by atoms with Crippen LogP contribution in [0.1, 0.15) is 64.6 Å². The molecule has 0 spiro atoms. The fourth-order valence-corrected chi connectivity index (χ4v) is 5.28. The van der Waals surface area contributed by atoms with Gasteiger partial charge in [0.2, 0.25) is 10.0 Å². The number of aromatic nitrogens is 2. The van der Waals surface area contributed by atoms with Crippen molar-refractivity contribution in [2.75, 3.05) is 39.4 Å². The number of sulfonamides is 1. The third kappa shape index (κ3) is 5.31. The van der Waals surface area contributed by atoms with Gasteiger partial charge in [-0.1, -0.05) is 33.6 Å². The van der Waals surface area contributed by atoms with E-state index < -0.39 is 10.0 Å². The Kier molecular flexibility index (Phi) is 6.61. The maximum atomic E-state index is 13.0. The van der Waals surface area contributed by atoms with Gasteiger partial charge in [-0.15, -0.1) is 0 Å². The summed E-state index contributed by atoms with van der Waals surface area (Å²) in [4.78, 5) is 2.66. The SMILES string of the molecule is CC(C)(C)c1nn(C2CCCC2)cc1S(=O)(=O)NCCCN1CCOCC1. The molecule has 154 valence electrons. The Morgan fingerprint density at radius 1 is 1.22 bits per heavy atom. The van der Waals surface area contributed by atoms with Crippen LogP contribution in [0.4, 0.5) is 0 Å². The van der Waals surface area contributed by atoms with Crippen LogP contribution in [0.25, 0.3) is 0 Å². The van der Waals surface area contributed by atoms with Crippen molar-refractivity contribution < 1.29 is 13.2 Å². The molecule has 1 aliphatic heterocycles. The highest BCUT2D eigenvalue weighted by Crippen LogP contribution is 2.33. The van der Waals surface area contributed by atoms with Gasteiger partial charge in [0.15, 0.2) is 0 Å². The minimum Gasteiger partial charge on any atom is -0.379 e. The van der Waals surface area contributed by atoms with Crippen molar-refractivity contribution in [3.8, 4) is 0 Å². The maximum absolute atomic E-state index is 13.0. The molecule has 27 heavy (non-hydrogen) atoms. The van der Waals surface area contributed by atoms with Crippen molar-refractivity contribution in [1.82, 2.24) is 19.4 Å². The van der Waals surface area contributed by atoms with Crippen LogP contribution in [-0.4, -0.2) is 62.5 Å². The molecule has 3 rings (SSSR count). The molecule has 1 aromatic rings. The van der Waals surface area contributed by atoms with Crippen LogP contribution in [0.2, 0.25) is 0 Å². The number of hydrogen-bond donors (Lipinski definition) is 1. The van der Waals surface area contributed by atoms with E-state index in [0.717, 1.165) is 52.1 Å². The Bertz CT molecular complexity index is 712. The molecule has 1 N–H and O–H groups in total. The molecule has 2 heterocycles. The van der Waals surface area contributed by atoms with Gasteiger partial charge in [0.1, 0.15) is 4.90 Å². The van der Waals surface area contributed by atoms with E-state index >= 15 is 0 Å². The van der Waals surface area contributed by atoms with Gasteiger partial charge in [0, 0.05) is 31.2 Å². The zero-order valence-electron chi connectivity index (χ0n) is 16.9. The topological polar surface area (TPSA) is 76.5 Å². The summed E-state index contributed by atoms with van der Waals surface area (Å²) in [5.41, 5.74) is 0.344. The number of hydrogen-bond acceptors (Lipinski definition) is 5. The number of morpholine rings is 1. The summed E-state index contributed by atoms with van der Waals surface area (Å²) in [5, 5.41) is 4.71. The highest BCUT2D eigenvalue weighted by molar-refractivity contribution is 7.89. The van der Waals surface area contributed by atoms with Crippen molar-refractivity contribution in [2.45, 2.75) is 69.2 Å². The number of rotatable bonds is 7. The van der Waals surface area contributed by atoms with E-state index in [9.17, 15) is 8.42 Å². The smallest absolute Gasteiger partial charge is 0.243 e. The first-order valence-electron chi connectivity index (χ1n) is 10.2. The van der Waals surface area contributed by atoms with E-state index in [4.69, 9.17) is 9.84 Å². The lowest BCUT2D eigenvalue weighted by molar-refractivity contribution is 0.0376. The molecule has 0 unspecified atom stereocenters. The highest BCUT2D eigenvalue weighted by atomic mass is 32.2. The lowest BCUT2D eigenvalue weighted by Gasteiger charge is -2.26. The van der Waals surface area contributed by atoms with E-state index in [1.165, 1.54) is 12.8 Å². The minimum atomic E-state index is -3.56. The quantitative estimate of drug-likeness (QED) is 0.713. The Balaban J connectivity index is 1.66. The second kappa shape index (κ2) is 8.59. The van der Waals surface area contributed by atoms with E-state index in [2.05, 4.69) is 9.62 Å². The van der Waals surface area contributed by atoms with Crippen molar-refractivity contribution in [3.05, 3.63) is 11.9 Å². The number of nitrogens with zero attached hydrogens (tertiary/aromatic N) is 3. The van der Waals surface area contributed by atoms with E-state index in [1.54, 1.807) is 6.20 Å². The summed E-state index contributed by atoms with van der Waals surface area (Å²) in [6.07, 6.45) is 7.09. The first kappa shape index (κ1) is 20.8. The minimum absolute atomic E-state index is 0.318. The molecule has 2 aliphatic rings. The van der Waals surface area contributed by atoms with Crippen LogP contribution in [0.5, 0.6) is 0 Å².